The van der Waals surface area contributed by atoms with Gasteiger partial charge in [-0.15, -0.1) is 0 Å². The van der Waals surface area contributed by atoms with Crippen LogP contribution in [0.15, 0.2) is 198 Å². The molecule has 1 N–H and O–H groups in total. The summed E-state index contributed by atoms with van der Waals surface area (Å²) in [5.41, 5.74) is 10.1. The predicted octanol–water partition coefficient (Wildman–Crippen LogP) is 11.7. The lowest BCUT2D eigenvalue weighted by Gasteiger charge is -2.24. The summed E-state index contributed by atoms with van der Waals surface area (Å²) in [6.45, 7) is 0. The van der Waals surface area contributed by atoms with E-state index in [-0.39, 0.29) is 6.17 Å². The van der Waals surface area contributed by atoms with E-state index in [1.807, 2.05) is 12.1 Å². The molecule has 0 spiro atoms. The van der Waals surface area contributed by atoms with E-state index < -0.39 is 0 Å². The van der Waals surface area contributed by atoms with Crippen LogP contribution in [-0.4, -0.2) is 20.9 Å². The van der Waals surface area contributed by atoms with Crippen molar-refractivity contribution in [3.63, 3.8) is 0 Å². The molecule has 1 atom stereocenters. The molecule has 0 radical (unpaired) electrons. The molecule has 5 nitrogen and oxygen atoms in total. The van der Waals surface area contributed by atoms with Crippen molar-refractivity contribution in [3.8, 4) is 16.8 Å². The Morgan fingerprint density at radius 1 is 0.426 bits per heavy atom. The first-order chi connectivity index (χ1) is 26.8. The molecule has 10 aromatic rings. The number of amidine groups is 1. The molecule has 1 unspecified atom stereocenters. The summed E-state index contributed by atoms with van der Waals surface area (Å²) in [6.07, 6.45) is -0.316. The molecular weight excluding hydrogens is 659 g/mol. The van der Waals surface area contributed by atoms with Gasteiger partial charge in [-0.05, 0) is 58.5 Å². The maximum absolute atomic E-state index is 5.36. The van der Waals surface area contributed by atoms with Crippen molar-refractivity contribution in [2.24, 2.45) is 9.98 Å². The second kappa shape index (κ2) is 12.2. The minimum Gasteiger partial charge on any atom is -0.344 e. The van der Waals surface area contributed by atoms with Crippen LogP contribution in [0, 0.1) is 0 Å². The topological polar surface area (TPSA) is 46.6 Å². The number of nitrogens with zero attached hydrogens (tertiary/aromatic N) is 4. The number of benzene rings is 8. The van der Waals surface area contributed by atoms with E-state index in [1.54, 1.807) is 0 Å². The molecule has 0 saturated carbocycles. The molecule has 5 heteroatoms. The zero-order valence-electron chi connectivity index (χ0n) is 29.3. The molecular formula is C49H33N5. The van der Waals surface area contributed by atoms with Gasteiger partial charge in [0.25, 0.3) is 0 Å². The maximum atomic E-state index is 5.36. The Balaban J connectivity index is 1.17. The fourth-order valence-electron chi connectivity index (χ4n) is 8.26. The highest BCUT2D eigenvalue weighted by molar-refractivity contribution is 6.23. The zero-order chi connectivity index (χ0) is 35.6. The number of fused-ring (bicyclic) bond motifs is 8. The molecule has 8 aromatic carbocycles. The number of rotatable bonds is 4. The van der Waals surface area contributed by atoms with Crippen LogP contribution in [0.5, 0.6) is 0 Å². The summed E-state index contributed by atoms with van der Waals surface area (Å²) in [5.74, 6) is 1.44. The minimum absolute atomic E-state index is 0.316. The molecule has 0 aliphatic carbocycles. The minimum atomic E-state index is -0.316. The number of aromatic nitrogens is 2. The fraction of sp³-hybridized carbons (Fsp3) is 0.0204. The highest BCUT2D eigenvalue weighted by Crippen LogP contribution is 2.39. The molecule has 54 heavy (non-hydrogen) atoms. The van der Waals surface area contributed by atoms with Crippen molar-refractivity contribution in [3.05, 3.63) is 199 Å². The van der Waals surface area contributed by atoms with Gasteiger partial charge in [0.15, 0.2) is 0 Å². The lowest BCUT2D eigenvalue weighted by molar-refractivity contribution is 0.668. The Bertz CT molecular complexity index is 3120. The summed E-state index contributed by atoms with van der Waals surface area (Å²) < 4.78 is 4.65. The van der Waals surface area contributed by atoms with Crippen LogP contribution in [0.2, 0.25) is 0 Å². The number of hydrogen-bond donors (Lipinski definition) is 1. The van der Waals surface area contributed by atoms with Crippen molar-refractivity contribution in [1.82, 2.24) is 14.5 Å². The van der Waals surface area contributed by atoms with Gasteiger partial charge in [0.05, 0.1) is 22.1 Å². The van der Waals surface area contributed by atoms with Gasteiger partial charge in [-0.25, -0.2) is 4.99 Å². The van der Waals surface area contributed by atoms with Gasteiger partial charge < -0.3 is 9.88 Å². The SMILES string of the molecule is c1ccc(C2=NC(n3c4cc(-c5ccc6c(c5)c5ccccc5n6-c5ccccc5)ccc4c4ccc5ccccc5c43)=NC(c3ccccc3)N2)cc1. The van der Waals surface area contributed by atoms with Gasteiger partial charge in [0.2, 0.25) is 5.96 Å². The first kappa shape index (κ1) is 30.4. The molecule has 0 saturated heterocycles. The monoisotopic (exact) mass is 691 g/mol. The van der Waals surface area contributed by atoms with Crippen LogP contribution < -0.4 is 5.32 Å². The van der Waals surface area contributed by atoms with Crippen molar-refractivity contribution < 1.29 is 0 Å². The lowest BCUT2D eigenvalue weighted by Crippen LogP contribution is -2.35. The van der Waals surface area contributed by atoms with Gasteiger partial charge in [-0.3, -0.25) is 4.57 Å². The molecule has 3 heterocycles. The summed E-state index contributed by atoms with van der Waals surface area (Å²) in [6, 6.07) is 66.9. The van der Waals surface area contributed by atoms with E-state index in [2.05, 4.69) is 190 Å². The highest BCUT2D eigenvalue weighted by Gasteiger charge is 2.25. The second-order valence-corrected chi connectivity index (χ2v) is 13.9. The first-order valence-electron chi connectivity index (χ1n) is 18.4. The van der Waals surface area contributed by atoms with Crippen LogP contribution in [0.1, 0.15) is 17.3 Å². The van der Waals surface area contributed by atoms with Crippen LogP contribution in [0.25, 0.3) is 71.2 Å². The summed E-state index contributed by atoms with van der Waals surface area (Å²) >= 11 is 0. The normalized spacial score (nSPS) is 14.5. The van der Waals surface area contributed by atoms with E-state index >= 15 is 0 Å². The van der Waals surface area contributed by atoms with E-state index in [0.717, 1.165) is 55.6 Å². The van der Waals surface area contributed by atoms with E-state index in [0.29, 0.717) is 5.96 Å². The Morgan fingerprint density at radius 3 is 1.89 bits per heavy atom. The molecule has 11 rings (SSSR count). The standard InChI is InChI=1S/C49H33N5/c1-4-15-33(16-5-1)47-50-48(34-17-6-2-7-18-34)52-49(51-47)54-45-31-36(25-27-40(45)41-28-24-32-14-10-11-21-38(32)46(41)54)35-26-29-44-42(30-35)39-22-12-13-23-43(39)53(44)37-19-8-3-9-20-37/h1-31,47H,(H,50,51,52). The average Bonchev–Trinajstić information content (AvgIpc) is 3.77. The molecule has 1 aliphatic rings. The van der Waals surface area contributed by atoms with Gasteiger partial charge in [0, 0.05) is 38.2 Å². The average molecular weight is 692 g/mol. The molecule has 0 fully saturated rings. The molecule has 0 amide bonds. The van der Waals surface area contributed by atoms with Gasteiger partial charge in [-0.2, -0.15) is 4.99 Å². The molecule has 1 aliphatic heterocycles. The Hall–Kier alpha value is -7.24. The number of para-hydroxylation sites is 2. The van der Waals surface area contributed by atoms with E-state index in [4.69, 9.17) is 9.98 Å². The van der Waals surface area contributed by atoms with E-state index in [1.165, 1.54) is 32.6 Å². The van der Waals surface area contributed by atoms with Gasteiger partial charge in [-0.1, -0.05) is 152 Å². The van der Waals surface area contributed by atoms with Crippen molar-refractivity contribution >= 4 is 66.2 Å². The summed E-state index contributed by atoms with van der Waals surface area (Å²) in [4.78, 5) is 10.7. The van der Waals surface area contributed by atoms with Gasteiger partial charge in [0.1, 0.15) is 12.0 Å². The molecule has 0 bridgehead atoms. The van der Waals surface area contributed by atoms with Crippen molar-refractivity contribution in [1.29, 1.82) is 0 Å². The predicted molar refractivity (Wildman–Crippen MR) is 225 cm³/mol. The number of aliphatic imine (C=N–C) groups is 2. The Labute approximate surface area is 311 Å². The molecule has 2 aromatic heterocycles. The maximum Gasteiger partial charge on any atom is 0.234 e. The largest absolute Gasteiger partial charge is 0.344 e. The van der Waals surface area contributed by atoms with Crippen LogP contribution in [-0.2, 0) is 0 Å². The van der Waals surface area contributed by atoms with Crippen molar-refractivity contribution in [2.45, 2.75) is 6.17 Å². The smallest absolute Gasteiger partial charge is 0.234 e. The van der Waals surface area contributed by atoms with Crippen LogP contribution >= 0.6 is 0 Å². The Kier molecular flexibility index (Phi) is 6.85. The fourth-order valence-corrected chi connectivity index (χ4v) is 8.26. The lowest BCUT2D eigenvalue weighted by atomic mass is 10.0. The van der Waals surface area contributed by atoms with Gasteiger partial charge >= 0.3 is 0 Å². The van der Waals surface area contributed by atoms with Crippen LogP contribution in [0.3, 0.4) is 0 Å². The zero-order valence-corrected chi connectivity index (χ0v) is 29.3. The third kappa shape index (κ3) is 4.79. The van der Waals surface area contributed by atoms with Crippen LogP contribution in [0.4, 0.5) is 0 Å². The van der Waals surface area contributed by atoms with E-state index in [9.17, 15) is 0 Å². The summed E-state index contributed by atoms with van der Waals surface area (Å²) in [5, 5.41) is 10.8. The molecule has 254 valence electrons. The van der Waals surface area contributed by atoms with Crippen molar-refractivity contribution in [2.75, 3.05) is 0 Å². The Morgan fingerprint density at radius 2 is 1.06 bits per heavy atom. The quantitative estimate of drug-likeness (QED) is 0.196. The number of nitrogens with one attached hydrogen (secondary N) is 1. The third-order valence-corrected chi connectivity index (χ3v) is 10.8. The number of hydrogen-bond acceptors (Lipinski definition) is 3. The highest BCUT2D eigenvalue weighted by atomic mass is 15.3. The third-order valence-electron chi connectivity index (χ3n) is 10.8. The second-order valence-electron chi connectivity index (χ2n) is 13.9. The first-order valence-corrected chi connectivity index (χ1v) is 18.4. The summed E-state index contributed by atoms with van der Waals surface area (Å²) in [7, 11) is 0.